The summed E-state index contributed by atoms with van der Waals surface area (Å²) >= 11 is 1.97. The van der Waals surface area contributed by atoms with Gasteiger partial charge in [0.1, 0.15) is 0 Å². The molecular formula is C17H26N2S. The van der Waals surface area contributed by atoms with Crippen molar-refractivity contribution in [2.75, 3.05) is 31.6 Å². The van der Waals surface area contributed by atoms with Gasteiger partial charge < -0.3 is 0 Å². The first-order chi connectivity index (χ1) is 9.79. The molecule has 3 unspecified atom stereocenters. The summed E-state index contributed by atoms with van der Waals surface area (Å²) < 4.78 is 0. The van der Waals surface area contributed by atoms with Gasteiger partial charge in [0.15, 0.2) is 0 Å². The molecule has 110 valence electrons. The quantitative estimate of drug-likeness (QED) is 0.840. The fourth-order valence-electron chi connectivity index (χ4n) is 3.84. The zero-order valence-electron chi connectivity index (χ0n) is 12.7. The van der Waals surface area contributed by atoms with E-state index in [2.05, 4.69) is 53.3 Å². The molecule has 0 bridgehead atoms. The monoisotopic (exact) mass is 290 g/mol. The lowest BCUT2D eigenvalue weighted by Crippen LogP contribution is -2.54. The van der Waals surface area contributed by atoms with Crippen LogP contribution in [0.15, 0.2) is 30.3 Å². The van der Waals surface area contributed by atoms with Crippen LogP contribution in [-0.2, 0) is 0 Å². The summed E-state index contributed by atoms with van der Waals surface area (Å²) in [5.41, 5.74) is 1.49. The Labute approximate surface area is 127 Å². The van der Waals surface area contributed by atoms with Crippen LogP contribution in [0.5, 0.6) is 0 Å². The smallest absolute Gasteiger partial charge is 0.0479 e. The first kappa shape index (κ1) is 14.4. The number of fused-ring (bicyclic) bond motifs is 1. The molecule has 3 rings (SSSR count). The number of piperazine rings is 1. The van der Waals surface area contributed by atoms with Crippen LogP contribution < -0.4 is 0 Å². The van der Waals surface area contributed by atoms with Crippen molar-refractivity contribution in [2.45, 2.75) is 37.9 Å². The molecule has 3 atom stereocenters. The standard InChI is InChI=1S/C17H26N2S/c1-14(13-20-2)19-11-16-9-6-10-18(16)12-17(19)15-7-4-3-5-8-15/h3-5,7-8,14,16-17H,6,9-13H2,1-2H3. The van der Waals surface area contributed by atoms with Crippen LogP contribution >= 0.6 is 11.8 Å². The Morgan fingerprint density at radius 1 is 1.25 bits per heavy atom. The normalized spacial score (nSPS) is 29.3. The molecule has 0 spiro atoms. The third-order valence-corrected chi connectivity index (χ3v) is 5.70. The topological polar surface area (TPSA) is 6.48 Å². The Bertz CT molecular complexity index is 422. The van der Waals surface area contributed by atoms with Gasteiger partial charge in [-0.2, -0.15) is 11.8 Å². The number of hydrogen-bond acceptors (Lipinski definition) is 3. The van der Waals surface area contributed by atoms with E-state index in [4.69, 9.17) is 0 Å². The van der Waals surface area contributed by atoms with E-state index in [1.807, 2.05) is 11.8 Å². The third kappa shape index (κ3) is 2.90. The molecule has 2 fully saturated rings. The molecular weight excluding hydrogens is 264 g/mol. The van der Waals surface area contributed by atoms with Crippen molar-refractivity contribution in [3.05, 3.63) is 35.9 Å². The number of thioether (sulfide) groups is 1. The van der Waals surface area contributed by atoms with Crippen LogP contribution in [0, 0.1) is 0 Å². The maximum Gasteiger partial charge on any atom is 0.0479 e. The molecule has 0 amide bonds. The lowest BCUT2D eigenvalue weighted by atomic mass is 9.98. The molecule has 2 aliphatic rings. The molecule has 1 aromatic rings. The van der Waals surface area contributed by atoms with E-state index in [1.165, 1.54) is 43.8 Å². The Hall–Kier alpha value is -0.510. The largest absolute Gasteiger partial charge is 0.297 e. The molecule has 0 aromatic heterocycles. The first-order valence-corrected chi connectivity index (χ1v) is 9.22. The highest BCUT2D eigenvalue weighted by molar-refractivity contribution is 7.98. The zero-order valence-corrected chi connectivity index (χ0v) is 13.5. The molecule has 20 heavy (non-hydrogen) atoms. The van der Waals surface area contributed by atoms with Gasteiger partial charge >= 0.3 is 0 Å². The summed E-state index contributed by atoms with van der Waals surface area (Å²) in [6.45, 7) is 6.17. The van der Waals surface area contributed by atoms with Crippen molar-refractivity contribution >= 4 is 11.8 Å². The summed E-state index contributed by atoms with van der Waals surface area (Å²) in [6, 6.07) is 13.1. The molecule has 2 heterocycles. The predicted octanol–water partition coefficient (Wildman–Crippen LogP) is 3.26. The van der Waals surface area contributed by atoms with Crippen LogP contribution in [0.25, 0.3) is 0 Å². The highest BCUT2D eigenvalue weighted by Gasteiger charge is 2.38. The second-order valence-corrected chi connectivity index (χ2v) is 7.13. The van der Waals surface area contributed by atoms with Gasteiger partial charge in [-0.3, -0.25) is 9.80 Å². The summed E-state index contributed by atoms with van der Waals surface area (Å²) in [6.07, 6.45) is 5.00. The Morgan fingerprint density at radius 2 is 2.05 bits per heavy atom. The van der Waals surface area contributed by atoms with Crippen LogP contribution in [-0.4, -0.2) is 53.5 Å². The van der Waals surface area contributed by atoms with Gasteiger partial charge in [0, 0.05) is 37.0 Å². The maximum absolute atomic E-state index is 2.76. The minimum atomic E-state index is 0.577. The predicted molar refractivity (Wildman–Crippen MR) is 88.3 cm³/mol. The number of nitrogens with zero attached hydrogens (tertiary/aromatic N) is 2. The molecule has 0 N–H and O–H groups in total. The van der Waals surface area contributed by atoms with Crippen LogP contribution in [0.2, 0.25) is 0 Å². The van der Waals surface area contributed by atoms with Gasteiger partial charge in [0.2, 0.25) is 0 Å². The van der Waals surface area contributed by atoms with Gasteiger partial charge in [0.05, 0.1) is 0 Å². The van der Waals surface area contributed by atoms with E-state index in [9.17, 15) is 0 Å². The third-order valence-electron chi connectivity index (χ3n) is 4.89. The number of hydrogen-bond donors (Lipinski definition) is 0. The maximum atomic E-state index is 2.76. The minimum Gasteiger partial charge on any atom is -0.297 e. The van der Waals surface area contributed by atoms with Gasteiger partial charge in [-0.1, -0.05) is 30.3 Å². The van der Waals surface area contributed by atoms with Gasteiger partial charge in [-0.05, 0) is 38.1 Å². The molecule has 1 aromatic carbocycles. The average molecular weight is 290 g/mol. The fourth-order valence-corrected chi connectivity index (χ4v) is 4.51. The highest BCUT2D eigenvalue weighted by atomic mass is 32.2. The van der Waals surface area contributed by atoms with Crippen molar-refractivity contribution in [1.29, 1.82) is 0 Å². The van der Waals surface area contributed by atoms with Crippen LogP contribution in [0.4, 0.5) is 0 Å². The van der Waals surface area contributed by atoms with Crippen LogP contribution in [0.3, 0.4) is 0 Å². The van der Waals surface area contributed by atoms with E-state index >= 15 is 0 Å². The molecule has 2 nitrogen and oxygen atoms in total. The summed E-state index contributed by atoms with van der Waals surface area (Å²) in [5.74, 6) is 1.23. The van der Waals surface area contributed by atoms with E-state index in [1.54, 1.807) is 0 Å². The minimum absolute atomic E-state index is 0.577. The molecule has 0 aliphatic carbocycles. The number of rotatable bonds is 4. The second kappa shape index (κ2) is 6.50. The lowest BCUT2D eigenvalue weighted by Gasteiger charge is -2.46. The second-order valence-electron chi connectivity index (χ2n) is 6.22. The van der Waals surface area contributed by atoms with Crippen molar-refractivity contribution in [2.24, 2.45) is 0 Å². The van der Waals surface area contributed by atoms with Crippen molar-refractivity contribution in [1.82, 2.24) is 9.80 Å². The van der Waals surface area contributed by atoms with Crippen molar-refractivity contribution in [3.8, 4) is 0 Å². The first-order valence-electron chi connectivity index (χ1n) is 7.83. The van der Waals surface area contributed by atoms with Crippen LogP contribution in [0.1, 0.15) is 31.4 Å². The fraction of sp³-hybridized carbons (Fsp3) is 0.647. The lowest BCUT2D eigenvalue weighted by molar-refractivity contribution is 0.0304. The van der Waals surface area contributed by atoms with E-state index in [0.29, 0.717) is 12.1 Å². The van der Waals surface area contributed by atoms with E-state index in [-0.39, 0.29) is 0 Å². The van der Waals surface area contributed by atoms with Crippen molar-refractivity contribution < 1.29 is 0 Å². The Morgan fingerprint density at radius 3 is 2.80 bits per heavy atom. The van der Waals surface area contributed by atoms with Gasteiger partial charge in [-0.15, -0.1) is 0 Å². The summed E-state index contributed by atoms with van der Waals surface area (Å²) in [5, 5.41) is 0. The molecule has 3 heteroatoms. The highest BCUT2D eigenvalue weighted by Crippen LogP contribution is 2.34. The SMILES string of the molecule is CSCC(C)N1CC2CCCN2CC1c1ccccc1. The summed E-state index contributed by atoms with van der Waals surface area (Å²) in [4.78, 5) is 5.48. The van der Waals surface area contributed by atoms with Crippen molar-refractivity contribution in [3.63, 3.8) is 0 Å². The summed E-state index contributed by atoms with van der Waals surface area (Å²) in [7, 11) is 0. The van der Waals surface area contributed by atoms with Gasteiger partial charge in [0.25, 0.3) is 0 Å². The van der Waals surface area contributed by atoms with Gasteiger partial charge in [-0.25, -0.2) is 0 Å². The van der Waals surface area contributed by atoms with E-state index < -0.39 is 0 Å². The van der Waals surface area contributed by atoms with E-state index in [0.717, 1.165) is 6.04 Å². The Balaban J connectivity index is 1.82. The molecule has 0 saturated carbocycles. The zero-order chi connectivity index (χ0) is 13.9. The average Bonchev–Trinajstić information content (AvgIpc) is 2.94. The number of benzene rings is 1. The molecule has 2 aliphatic heterocycles. The Kier molecular flexibility index (Phi) is 4.69. The molecule has 2 saturated heterocycles. The molecule has 0 radical (unpaired) electrons.